The molecule has 5 heteroatoms. The van der Waals surface area contributed by atoms with E-state index in [0.717, 1.165) is 12.2 Å². The zero-order valence-corrected chi connectivity index (χ0v) is 10.9. The monoisotopic (exact) mass is 256 g/mol. The predicted octanol–water partition coefficient (Wildman–Crippen LogP) is 2.30. The highest BCUT2D eigenvalue weighted by Gasteiger charge is 2.15. The summed E-state index contributed by atoms with van der Waals surface area (Å²) in [7, 11) is 0. The molecule has 1 amide bonds. The molecule has 0 aliphatic carbocycles. The maximum Gasteiger partial charge on any atom is 0.221 e. The van der Waals surface area contributed by atoms with E-state index in [1.54, 1.807) is 18.3 Å². The smallest absolute Gasteiger partial charge is 0.221 e. The Morgan fingerprint density at radius 2 is 2.50 bits per heavy atom. The third kappa shape index (κ3) is 3.23. The number of thioether (sulfide) groups is 1. The van der Waals surface area contributed by atoms with Crippen LogP contribution in [-0.4, -0.2) is 23.5 Å². The second-order valence-electron chi connectivity index (χ2n) is 3.88. The molecular formula is C11H16N2OS2. The quantitative estimate of drug-likeness (QED) is 0.868. The summed E-state index contributed by atoms with van der Waals surface area (Å²) in [5.74, 6) is 2.47. The lowest BCUT2D eigenvalue weighted by atomic mass is 10.2. The Kier molecular flexibility index (Phi) is 4.26. The molecule has 0 aromatic carbocycles. The topological polar surface area (TPSA) is 41.1 Å². The van der Waals surface area contributed by atoms with Crippen LogP contribution >= 0.6 is 23.1 Å². The van der Waals surface area contributed by atoms with Crippen LogP contribution in [0.1, 0.15) is 18.2 Å². The Hall–Kier alpha value is -0.520. The molecule has 1 fully saturated rings. The van der Waals surface area contributed by atoms with Crippen molar-refractivity contribution in [2.45, 2.75) is 25.9 Å². The van der Waals surface area contributed by atoms with Crippen LogP contribution in [0.15, 0.2) is 11.4 Å². The number of carbonyl (C=O) groups excluding carboxylic acids is 1. The first-order valence-electron chi connectivity index (χ1n) is 5.41. The fourth-order valence-corrected chi connectivity index (χ4v) is 3.68. The molecule has 1 atom stereocenters. The summed E-state index contributed by atoms with van der Waals surface area (Å²) in [5.41, 5.74) is 0.954. The van der Waals surface area contributed by atoms with E-state index in [2.05, 4.69) is 10.6 Å². The molecular weight excluding hydrogens is 240 g/mol. The van der Waals surface area contributed by atoms with Gasteiger partial charge in [-0.05, 0) is 23.6 Å². The molecule has 0 saturated carbocycles. The Bertz CT molecular complexity index is 359. The third-order valence-electron chi connectivity index (χ3n) is 2.54. The standard InChI is InChI=1S/C11H16N2OS2/c1-8(14)13-10-3-5-16-11(10)6-12-9-2-4-15-7-9/h3,5,9,12H,2,4,6-7H2,1H3,(H,13,14). The van der Waals surface area contributed by atoms with Gasteiger partial charge >= 0.3 is 0 Å². The number of amides is 1. The molecule has 1 aliphatic heterocycles. The van der Waals surface area contributed by atoms with E-state index in [1.165, 1.54) is 22.8 Å². The summed E-state index contributed by atoms with van der Waals surface area (Å²) in [5, 5.41) is 8.41. The van der Waals surface area contributed by atoms with E-state index in [-0.39, 0.29) is 5.91 Å². The van der Waals surface area contributed by atoms with Crippen LogP contribution in [0.25, 0.3) is 0 Å². The largest absolute Gasteiger partial charge is 0.325 e. The average molecular weight is 256 g/mol. The van der Waals surface area contributed by atoms with E-state index < -0.39 is 0 Å². The van der Waals surface area contributed by atoms with Crippen LogP contribution < -0.4 is 10.6 Å². The van der Waals surface area contributed by atoms with E-state index in [9.17, 15) is 4.79 Å². The number of hydrogen-bond donors (Lipinski definition) is 2. The average Bonchev–Trinajstić information content (AvgIpc) is 2.84. The maximum absolute atomic E-state index is 11.0. The Morgan fingerprint density at radius 3 is 3.19 bits per heavy atom. The van der Waals surface area contributed by atoms with Crippen LogP contribution in [0, 0.1) is 0 Å². The predicted molar refractivity (Wildman–Crippen MR) is 71.2 cm³/mol. The number of rotatable bonds is 4. The van der Waals surface area contributed by atoms with E-state index in [0.29, 0.717) is 6.04 Å². The lowest BCUT2D eigenvalue weighted by molar-refractivity contribution is -0.114. The number of anilines is 1. The lowest BCUT2D eigenvalue weighted by Gasteiger charge is -2.11. The molecule has 16 heavy (non-hydrogen) atoms. The highest BCUT2D eigenvalue weighted by Crippen LogP contribution is 2.23. The Morgan fingerprint density at radius 1 is 1.62 bits per heavy atom. The van der Waals surface area contributed by atoms with Crippen molar-refractivity contribution in [1.82, 2.24) is 5.32 Å². The molecule has 0 radical (unpaired) electrons. The van der Waals surface area contributed by atoms with Gasteiger partial charge in [0.2, 0.25) is 5.91 Å². The van der Waals surface area contributed by atoms with Gasteiger partial charge in [0.05, 0.1) is 5.69 Å². The SMILES string of the molecule is CC(=O)Nc1ccsc1CNC1CCSC1. The normalized spacial score (nSPS) is 19.9. The molecule has 1 aromatic heterocycles. The molecule has 0 spiro atoms. The molecule has 2 heterocycles. The number of thiophene rings is 1. The summed E-state index contributed by atoms with van der Waals surface area (Å²) in [4.78, 5) is 12.2. The van der Waals surface area contributed by atoms with E-state index in [1.807, 2.05) is 23.2 Å². The first-order valence-corrected chi connectivity index (χ1v) is 7.44. The van der Waals surface area contributed by atoms with Gasteiger partial charge in [-0.3, -0.25) is 4.79 Å². The summed E-state index contributed by atoms with van der Waals surface area (Å²) < 4.78 is 0. The summed E-state index contributed by atoms with van der Waals surface area (Å²) in [6.45, 7) is 2.40. The van der Waals surface area contributed by atoms with Gasteiger partial charge in [0.15, 0.2) is 0 Å². The van der Waals surface area contributed by atoms with Crippen molar-refractivity contribution in [2.75, 3.05) is 16.8 Å². The Labute approximate surface area is 104 Å². The second-order valence-corrected chi connectivity index (χ2v) is 6.03. The van der Waals surface area contributed by atoms with Gasteiger partial charge in [-0.2, -0.15) is 11.8 Å². The fourth-order valence-electron chi connectivity index (χ4n) is 1.71. The zero-order chi connectivity index (χ0) is 11.4. The maximum atomic E-state index is 11.0. The van der Waals surface area contributed by atoms with E-state index in [4.69, 9.17) is 0 Å². The molecule has 88 valence electrons. The van der Waals surface area contributed by atoms with Crippen molar-refractivity contribution in [3.05, 3.63) is 16.3 Å². The minimum absolute atomic E-state index is 0.00364. The third-order valence-corrected chi connectivity index (χ3v) is 4.62. The minimum Gasteiger partial charge on any atom is -0.325 e. The molecule has 1 unspecified atom stereocenters. The molecule has 2 N–H and O–H groups in total. The molecule has 0 bridgehead atoms. The van der Waals surface area contributed by atoms with Crippen LogP contribution in [-0.2, 0) is 11.3 Å². The van der Waals surface area contributed by atoms with Crippen LogP contribution in [0.4, 0.5) is 5.69 Å². The van der Waals surface area contributed by atoms with Gasteiger partial charge in [0, 0.05) is 30.1 Å². The van der Waals surface area contributed by atoms with Gasteiger partial charge in [0.25, 0.3) is 0 Å². The highest BCUT2D eigenvalue weighted by molar-refractivity contribution is 7.99. The highest BCUT2D eigenvalue weighted by atomic mass is 32.2. The zero-order valence-electron chi connectivity index (χ0n) is 9.29. The first-order chi connectivity index (χ1) is 7.75. The second kappa shape index (κ2) is 5.70. The molecule has 1 aromatic rings. The number of hydrogen-bond acceptors (Lipinski definition) is 4. The van der Waals surface area contributed by atoms with Crippen molar-refractivity contribution in [1.29, 1.82) is 0 Å². The van der Waals surface area contributed by atoms with Gasteiger partial charge in [-0.25, -0.2) is 0 Å². The van der Waals surface area contributed by atoms with Crippen LogP contribution in [0.2, 0.25) is 0 Å². The number of carbonyl (C=O) groups is 1. The van der Waals surface area contributed by atoms with Crippen molar-refractivity contribution < 1.29 is 4.79 Å². The summed E-state index contributed by atoms with van der Waals surface area (Å²) in [6.07, 6.45) is 1.26. The number of nitrogens with one attached hydrogen (secondary N) is 2. The van der Waals surface area contributed by atoms with Gasteiger partial charge < -0.3 is 10.6 Å². The van der Waals surface area contributed by atoms with Crippen molar-refractivity contribution in [3.8, 4) is 0 Å². The van der Waals surface area contributed by atoms with Crippen molar-refractivity contribution >= 4 is 34.7 Å². The summed E-state index contributed by atoms with van der Waals surface area (Å²) in [6, 6.07) is 2.60. The summed E-state index contributed by atoms with van der Waals surface area (Å²) >= 11 is 3.70. The van der Waals surface area contributed by atoms with Crippen molar-refractivity contribution in [3.63, 3.8) is 0 Å². The van der Waals surface area contributed by atoms with E-state index >= 15 is 0 Å². The molecule has 1 aliphatic rings. The lowest BCUT2D eigenvalue weighted by Crippen LogP contribution is -2.28. The van der Waals surface area contributed by atoms with Gasteiger partial charge in [0.1, 0.15) is 0 Å². The first kappa shape index (κ1) is 12.0. The fraction of sp³-hybridized carbons (Fsp3) is 0.545. The molecule has 3 nitrogen and oxygen atoms in total. The minimum atomic E-state index is -0.00364. The van der Waals surface area contributed by atoms with Gasteiger partial charge in [-0.15, -0.1) is 11.3 Å². The van der Waals surface area contributed by atoms with Crippen LogP contribution in [0.3, 0.4) is 0 Å². The van der Waals surface area contributed by atoms with Crippen LogP contribution in [0.5, 0.6) is 0 Å². The van der Waals surface area contributed by atoms with Crippen molar-refractivity contribution in [2.24, 2.45) is 0 Å². The molecule has 2 rings (SSSR count). The Balaban J connectivity index is 1.88. The van der Waals surface area contributed by atoms with Gasteiger partial charge in [-0.1, -0.05) is 0 Å². The molecule has 1 saturated heterocycles.